The highest BCUT2D eigenvalue weighted by molar-refractivity contribution is 7.99. The highest BCUT2D eigenvalue weighted by Gasteiger charge is 2.13. The van der Waals surface area contributed by atoms with Crippen molar-refractivity contribution in [1.82, 2.24) is 15.0 Å². The van der Waals surface area contributed by atoms with Crippen molar-refractivity contribution in [1.29, 1.82) is 0 Å². The number of nitrogens with zero attached hydrogens (tertiary/aromatic N) is 3. The van der Waals surface area contributed by atoms with Crippen LogP contribution in [0.3, 0.4) is 0 Å². The molecule has 1 heterocycles. The summed E-state index contributed by atoms with van der Waals surface area (Å²) in [7, 11) is 0. The fourth-order valence-electron chi connectivity index (χ4n) is 1.18. The fraction of sp³-hybridized carbons (Fsp3) is 0.727. The average Bonchev–Trinajstić information content (AvgIpc) is 2.15. The van der Waals surface area contributed by atoms with Gasteiger partial charge in [0.2, 0.25) is 11.9 Å². The number of nitrogens with one attached hydrogen (secondary N) is 2. The molecule has 17 heavy (non-hydrogen) atoms. The Labute approximate surface area is 107 Å². The summed E-state index contributed by atoms with van der Waals surface area (Å²) in [6.07, 6.45) is 0. The normalized spacial score (nSPS) is 11.4. The first-order valence-electron chi connectivity index (χ1n) is 5.85. The molecular formula is C11H21N5S. The molecule has 0 aliphatic heterocycles. The Morgan fingerprint density at radius 3 is 2.24 bits per heavy atom. The van der Waals surface area contributed by atoms with Gasteiger partial charge in [-0.3, -0.25) is 0 Å². The zero-order valence-electron chi connectivity index (χ0n) is 11.2. The topological polar surface area (TPSA) is 62.7 Å². The standard InChI is InChI=1S/C11H21N5S/c1-6-12-8-13-9(16-11(3,4)5)15-10(14-8)17-7-2/h6-7H2,1-5H3,(H2,12,13,14,15,16). The van der Waals surface area contributed by atoms with Gasteiger partial charge in [0, 0.05) is 12.1 Å². The molecule has 0 saturated heterocycles. The molecule has 0 aliphatic carbocycles. The van der Waals surface area contributed by atoms with Gasteiger partial charge in [-0.2, -0.15) is 15.0 Å². The summed E-state index contributed by atoms with van der Waals surface area (Å²) in [5.74, 6) is 2.20. The van der Waals surface area contributed by atoms with Gasteiger partial charge in [-0.25, -0.2) is 0 Å². The Balaban J connectivity index is 2.94. The molecule has 5 nitrogen and oxygen atoms in total. The Bertz CT molecular complexity index is 337. The van der Waals surface area contributed by atoms with Crippen LogP contribution in [0.15, 0.2) is 5.16 Å². The van der Waals surface area contributed by atoms with Gasteiger partial charge in [-0.05, 0) is 33.4 Å². The van der Waals surface area contributed by atoms with Gasteiger partial charge in [0.25, 0.3) is 0 Å². The van der Waals surface area contributed by atoms with Gasteiger partial charge in [-0.1, -0.05) is 18.7 Å². The first kappa shape index (κ1) is 14.0. The molecule has 0 spiro atoms. The minimum atomic E-state index is -0.0566. The quantitative estimate of drug-likeness (QED) is 0.789. The first-order valence-corrected chi connectivity index (χ1v) is 6.84. The average molecular weight is 255 g/mol. The summed E-state index contributed by atoms with van der Waals surface area (Å²) in [5, 5.41) is 7.13. The summed E-state index contributed by atoms with van der Waals surface area (Å²) < 4.78 is 0. The van der Waals surface area contributed by atoms with Crippen LogP contribution in [-0.4, -0.2) is 32.8 Å². The minimum absolute atomic E-state index is 0.0566. The van der Waals surface area contributed by atoms with Crippen LogP contribution in [0.1, 0.15) is 34.6 Å². The lowest BCUT2D eigenvalue weighted by atomic mass is 10.1. The third-order valence-corrected chi connectivity index (χ3v) is 2.44. The van der Waals surface area contributed by atoms with Crippen molar-refractivity contribution < 1.29 is 0 Å². The predicted octanol–water partition coefficient (Wildman–Crippen LogP) is 2.63. The predicted molar refractivity (Wildman–Crippen MR) is 73.8 cm³/mol. The monoisotopic (exact) mass is 255 g/mol. The SMILES string of the molecule is CCNc1nc(NC(C)(C)C)nc(SCC)n1. The molecule has 0 aliphatic rings. The second kappa shape index (κ2) is 6.05. The summed E-state index contributed by atoms with van der Waals surface area (Å²) in [5.41, 5.74) is -0.0566. The third kappa shape index (κ3) is 5.21. The molecule has 0 bridgehead atoms. The third-order valence-electron chi connectivity index (χ3n) is 1.71. The molecule has 0 unspecified atom stereocenters. The maximum absolute atomic E-state index is 4.38. The van der Waals surface area contributed by atoms with E-state index in [1.807, 2.05) is 6.92 Å². The second-order valence-electron chi connectivity index (χ2n) is 4.60. The molecule has 0 atom stereocenters. The highest BCUT2D eigenvalue weighted by atomic mass is 32.2. The smallest absolute Gasteiger partial charge is 0.228 e. The highest BCUT2D eigenvalue weighted by Crippen LogP contribution is 2.18. The maximum Gasteiger partial charge on any atom is 0.228 e. The van der Waals surface area contributed by atoms with Gasteiger partial charge in [0.1, 0.15) is 0 Å². The van der Waals surface area contributed by atoms with E-state index in [0.717, 1.165) is 17.5 Å². The number of hydrogen-bond donors (Lipinski definition) is 2. The summed E-state index contributed by atoms with van der Waals surface area (Å²) in [4.78, 5) is 13.0. The molecule has 0 radical (unpaired) electrons. The van der Waals surface area contributed by atoms with E-state index in [1.165, 1.54) is 0 Å². The van der Waals surface area contributed by atoms with Crippen molar-refractivity contribution in [3.63, 3.8) is 0 Å². The number of rotatable bonds is 5. The molecule has 0 fully saturated rings. The van der Waals surface area contributed by atoms with E-state index < -0.39 is 0 Å². The molecule has 1 aromatic rings. The van der Waals surface area contributed by atoms with Crippen molar-refractivity contribution in [2.75, 3.05) is 22.9 Å². The fourth-order valence-corrected chi connectivity index (χ4v) is 1.74. The van der Waals surface area contributed by atoms with E-state index in [4.69, 9.17) is 0 Å². The van der Waals surface area contributed by atoms with Crippen LogP contribution in [0.4, 0.5) is 11.9 Å². The van der Waals surface area contributed by atoms with Crippen molar-refractivity contribution in [2.24, 2.45) is 0 Å². The van der Waals surface area contributed by atoms with Gasteiger partial charge in [-0.15, -0.1) is 0 Å². The Hall–Kier alpha value is -1.04. The van der Waals surface area contributed by atoms with Crippen LogP contribution in [-0.2, 0) is 0 Å². The van der Waals surface area contributed by atoms with Crippen molar-refractivity contribution >= 4 is 23.7 Å². The molecule has 2 N–H and O–H groups in total. The van der Waals surface area contributed by atoms with Crippen molar-refractivity contribution in [2.45, 2.75) is 45.3 Å². The van der Waals surface area contributed by atoms with Crippen LogP contribution in [0.2, 0.25) is 0 Å². The largest absolute Gasteiger partial charge is 0.354 e. The van der Waals surface area contributed by atoms with Crippen LogP contribution in [0, 0.1) is 0 Å². The van der Waals surface area contributed by atoms with Gasteiger partial charge in [0.15, 0.2) is 5.16 Å². The van der Waals surface area contributed by atoms with Gasteiger partial charge < -0.3 is 10.6 Å². The Morgan fingerprint density at radius 2 is 1.71 bits per heavy atom. The molecule has 0 aromatic carbocycles. The minimum Gasteiger partial charge on any atom is -0.354 e. The Kier molecular flexibility index (Phi) is 4.99. The van der Waals surface area contributed by atoms with E-state index >= 15 is 0 Å². The van der Waals surface area contributed by atoms with E-state index in [0.29, 0.717) is 11.9 Å². The van der Waals surface area contributed by atoms with Gasteiger partial charge >= 0.3 is 0 Å². The molecule has 0 amide bonds. The van der Waals surface area contributed by atoms with E-state index in [9.17, 15) is 0 Å². The first-order chi connectivity index (χ1) is 7.94. The maximum atomic E-state index is 4.38. The summed E-state index contributed by atoms with van der Waals surface area (Å²) >= 11 is 1.61. The molecule has 0 saturated carbocycles. The Morgan fingerprint density at radius 1 is 1.06 bits per heavy atom. The number of aromatic nitrogens is 3. The zero-order valence-corrected chi connectivity index (χ0v) is 12.0. The summed E-state index contributed by atoms with van der Waals surface area (Å²) in [6.45, 7) is 11.1. The lowest BCUT2D eigenvalue weighted by molar-refractivity contribution is 0.622. The second-order valence-corrected chi connectivity index (χ2v) is 5.83. The van der Waals surface area contributed by atoms with Crippen molar-refractivity contribution in [3.8, 4) is 0 Å². The van der Waals surface area contributed by atoms with Crippen LogP contribution >= 0.6 is 11.8 Å². The van der Waals surface area contributed by atoms with Crippen LogP contribution in [0.5, 0.6) is 0 Å². The number of anilines is 2. The number of hydrogen-bond acceptors (Lipinski definition) is 6. The molecule has 6 heteroatoms. The van der Waals surface area contributed by atoms with E-state index in [2.05, 4.69) is 53.3 Å². The molecular weight excluding hydrogens is 234 g/mol. The summed E-state index contributed by atoms with van der Waals surface area (Å²) in [6, 6.07) is 0. The zero-order chi connectivity index (χ0) is 12.9. The van der Waals surface area contributed by atoms with E-state index in [-0.39, 0.29) is 5.54 Å². The molecule has 96 valence electrons. The van der Waals surface area contributed by atoms with Crippen LogP contribution in [0.25, 0.3) is 0 Å². The lowest BCUT2D eigenvalue weighted by Gasteiger charge is -2.20. The molecule has 1 aromatic heterocycles. The molecule has 1 rings (SSSR count). The van der Waals surface area contributed by atoms with Crippen molar-refractivity contribution in [3.05, 3.63) is 0 Å². The van der Waals surface area contributed by atoms with Crippen LogP contribution < -0.4 is 10.6 Å². The lowest BCUT2D eigenvalue weighted by Crippen LogP contribution is -2.27. The van der Waals surface area contributed by atoms with Gasteiger partial charge in [0.05, 0.1) is 0 Å². The van der Waals surface area contributed by atoms with E-state index in [1.54, 1.807) is 11.8 Å². The number of thioether (sulfide) groups is 1.